The molecule has 3 aromatic rings. The largest absolute Gasteiger partial charge is 0.491 e. The molecule has 1 aromatic carbocycles. The summed E-state index contributed by atoms with van der Waals surface area (Å²) in [4.78, 5) is 25.8. The Bertz CT molecular complexity index is 985. The van der Waals surface area contributed by atoms with Gasteiger partial charge in [-0.2, -0.15) is 4.98 Å². The summed E-state index contributed by atoms with van der Waals surface area (Å²) in [5.41, 5.74) is 2.40. The van der Waals surface area contributed by atoms with Crippen molar-refractivity contribution >= 4 is 23.2 Å². The van der Waals surface area contributed by atoms with E-state index in [0.29, 0.717) is 49.3 Å². The number of anilines is 1. The van der Waals surface area contributed by atoms with E-state index in [1.165, 1.54) is 0 Å². The van der Waals surface area contributed by atoms with E-state index in [9.17, 15) is 4.79 Å². The van der Waals surface area contributed by atoms with E-state index in [2.05, 4.69) is 14.9 Å². The molecule has 2 aliphatic rings. The van der Waals surface area contributed by atoms with Crippen LogP contribution < -0.4 is 9.64 Å². The van der Waals surface area contributed by atoms with Gasteiger partial charge in [0.1, 0.15) is 12.4 Å². The Morgan fingerprint density at radius 3 is 3.03 bits per heavy atom. The first-order valence-electron chi connectivity index (χ1n) is 10.2. The van der Waals surface area contributed by atoms with Crippen molar-refractivity contribution < 1.29 is 13.9 Å². The summed E-state index contributed by atoms with van der Waals surface area (Å²) in [5, 5.41) is 0. The van der Waals surface area contributed by atoms with Gasteiger partial charge in [-0.05, 0) is 37.0 Å². The highest BCUT2D eigenvalue weighted by Crippen LogP contribution is 2.28. The van der Waals surface area contributed by atoms with Crippen LogP contribution in [0.3, 0.4) is 0 Å². The van der Waals surface area contributed by atoms with Crippen molar-refractivity contribution in [3.05, 3.63) is 48.2 Å². The van der Waals surface area contributed by atoms with Crippen molar-refractivity contribution in [2.45, 2.75) is 25.8 Å². The number of piperidine rings is 1. The van der Waals surface area contributed by atoms with Crippen molar-refractivity contribution in [2.75, 3.05) is 31.1 Å². The van der Waals surface area contributed by atoms with Gasteiger partial charge in [-0.25, -0.2) is 4.98 Å². The van der Waals surface area contributed by atoms with Gasteiger partial charge in [0, 0.05) is 37.8 Å². The molecule has 7 heteroatoms. The molecule has 1 unspecified atom stereocenters. The lowest BCUT2D eigenvalue weighted by atomic mass is 9.94. The third-order valence-corrected chi connectivity index (χ3v) is 5.71. The molecule has 0 radical (unpaired) electrons. The van der Waals surface area contributed by atoms with E-state index in [4.69, 9.17) is 9.15 Å². The molecule has 29 heavy (non-hydrogen) atoms. The Hall–Kier alpha value is -3.09. The first kappa shape index (κ1) is 18.0. The first-order chi connectivity index (χ1) is 14.3. The van der Waals surface area contributed by atoms with Crippen LogP contribution in [0.1, 0.15) is 24.8 Å². The Kier molecular flexibility index (Phi) is 4.79. The lowest BCUT2D eigenvalue weighted by Crippen LogP contribution is -2.39. The summed E-state index contributed by atoms with van der Waals surface area (Å²) in [6.45, 7) is 3.44. The molecule has 0 saturated carbocycles. The monoisotopic (exact) mass is 392 g/mol. The van der Waals surface area contributed by atoms with Crippen LogP contribution in [-0.2, 0) is 11.3 Å². The van der Waals surface area contributed by atoms with Crippen LogP contribution in [0.15, 0.2) is 47.0 Å². The van der Waals surface area contributed by atoms with Crippen molar-refractivity contribution in [1.29, 1.82) is 0 Å². The SMILES string of the molecule is O=C(CC1CCCN(c2nc3ncccc3o2)C1)N1CCOc2ccccc2C1. The highest BCUT2D eigenvalue weighted by atomic mass is 16.5. The normalized spacial score (nSPS) is 19.5. The second kappa shape index (κ2) is 7.73. The number of hydrogen-bond acceptors (Lipinski definition) is 6. The quantitative estimate of drug-likeness (QED) is 0.681. The van der Waals surface area contributed by atoms with Gasteiger partial charge in [-0.3, -0.25) is 4.79 Å². The third-order valence-electron chi connectivity index (χ3n) is 5.71. The Morgan fingerprint density at radius 1 is 1.17 bits per heavy atom. The smallest absolute Gasteiger partial charge is 0.299 e. The molecule has 0 N–H and O–H groups in total. The van der Waals surface area contributed by atoms with Gasteiger partial charge in [-0.15, -0.1) is 0 Å². The molecule has 1 atom stereocenters. The molecule has 0 bridgehead atoms. The molecule has 2 aromatic heterocycles. The molecule has 1 amide bonds. The van der Waals surface area contributed by atoms with Crippen molar-refractivity contribution in [3.63, 3.8) is 0 Å². The van der Waals surface area contributed by atoms with Gasteiger partial charge >= 0.3 is 0 Å². The number of fused-ring (bicyclic) bond motifs is 2. The molecular weight excluding hydrogens is 368 g/mol. The molecule has 0 aliphatic carbocycles. The number of carbonyl (C=O) groups excluding carboxylic acids is 1. The minimum Gasteiger partial charge on any atom is -0.491 e. The number of amides is 1. The third kappa shape index (κ3) is 3.77. The number of aromatic nitrogens is 2. The fourth-order valence-electron chi connectivity index (χ4n) is 4.21. The van der Waals surface area contributed by atoms with E-state index < -0.39 is 0 Å². The van der Waals surface area contributed by atoms with Crippen molar-refractivity contribution in [1.82, 2.24) is 14.9 Å². The Labute approximate surface area is 169 Å². The van der Waals surface area contributed by atoms with Gasteiger partial charge < -0.3 is 19.0 Å². The zero-order chi connectivity index (χ0) is 19.6. The van der Waals surface area contributed by atoms with E-state index in [0.717, 1.165) is 37.2 Å². The predicted octanol–water partition coefficient (Wildman–Crippen LogP) is 3.25. The first-order valence-corrected chi connectivity index (χ1v) is 10.2. The number of ether oxygens (including phenoxy) is 1. The number of rotatable bonds is 3. The van der Waals surface area contributed by atoms with Crippen LogP contribution in [0.25, 0.3) is 11.2 Å². The number of pyridine rings is 1. The van der Waals surface area contributed by atoms with E-state index in [-0.39, 0.29) is 5.91 Å². The maximum atomic E-state index is 13.0. The summed E-state index contributed by atoms with van der Waals surface area (Å²) in [6, 6.07) is 12.3. The average Bonchev–Trinajstić information content (AvgIpc) is 3.06. The van der Waals surface area contributed by atoms with Crippen LogP contribution in [0.5, 0.6) is 5.75 Å². The molecule has 1 saturated heterocycles. The molecule has 150 valence electrons. The average molecular weight is 392 g/mol. The number of para-hydroxylation sites is 1. The van der Waals surface area contributed by atoms with Crippen molar-refractivity contribution in [3.8, 4) is 5.75 Å². The number of nitrogens with zero attached hydrogens (tertiary/aromatic N) is 4. The topological polar surface area (TPSA) is 71.7 Å². The Balaban J connectivity index is 1.25. The summed E-state index contributed by atoms with van der Waals surface area (Å²) >= 11 is 0. The number of oxazole rings is 1. The molecular formula is C22H24N4O3. The zero-order valence-electron chi connectivity index (χ0n) is 16.3. The molecule has 2 aliphatic heterocycles. The standard InChI is InChI=1S/C22H24N4O3/c27-20(25-11-12-28-18-7-2-1-6-17(18)15-25)13-16-5-4-10-26(14-16)22-24-21-19(29-22)8-3-9-23-21/h1-3,6-9,16H,4-5,10-15H2. The van der Waals surface area contributed by atoms with E-state index in [1.54, 1.807) is 6.20 Å². The van der Waals surface area contributed by atoms with Gasteiger partial charge in [-0.1, -0.05) is 18.2 Å². The lowest BCUT2D eigenvalue weighted by Gasteiger charge is -2.32. The lowest BCUT2D eigenvalue weighted by molar-refractivity contribution is -0.133. The van der Waals surface area contributed by atoms with Crippen LogP contribution in [0.2, 0.25) is 0 Å². The van der Waals surface area contributed by atoms with E-state index in [1.807, 2.05) is 41.3 Å². The fourth-order valence-corrected chi connectivity index (χ4v) is 4.21. The predicted molar refractivity (Wildman–Crippen MR) is 109 cm³/mol. The molecule has 7 nitrogen and oxygen atoms in total. The molecule has 4 heterocycles. The maximum absolute atomic E-state index is 13.0. The highest BCUT2D eigenvalue weighted by Gasteiger charge is 2.28. The van der Waals surface area contributed by atoms with Crippen molar-refractivity contribution in [2.24, 2.45) is 5.92 Å². The minimum atomic E-state index is 0.191. The minimum absolute atomic E-state index is 0.191. The molecule has 1 fully saturated rings. The summed E-state index contributed by atoms with van der Waals surface area (Å²) in [5.74, 6) is 1.37. The van der Waals surface area contributed by atoms with Crippen LogP contribution in [-0.4, -0.2) is 47.0 Å². The van der Waals surface area contributed by atoms with Gasteiger partial charge in [0.25, 0.3) is 6.01 Å². The summed E-state index contributed by atoms with van der Waals surface area (Å²) in [7, 11) is 0. The second-order valence-corrected chi connectivity index (χ2v) is 7.75. The van der Waals surface area contributed by atoms with Gasteiger partial charge in [0.2, 0.25) is 11.6 Å². The second-order valence-electron chi connectivity index (χ2n) is 7.75. The highest BCUT2D eigenvalue weighted by molar-refractivity contribution is 5.77. The fraction of sp³-hybridized carbons (Fsp3) is 0.409. The van der Waals surface area contributed by atoms with Gasteiger partial charge in [0.05, 0.1) is 6.54 Å². The Morgan fingerprint density at radius 2 is 2.10 bits per heavy atom. The molecule has 5 rings (SSSR count). The summed E-state index contributed by atoms with van der Waals surface area (Å²) in [6.07, 6.45) is 4.32. The summed E-state index contributed by atoms with van der Waals surface area (Å²) < 4.78 is 11.7. The van der Waals surface area contributed by atoms with E-state index >= 15 is 0 Å². The van der Waals surface area contributed by atoms with Crippen LogP contribution in [0.4, 0.5) is 6.01 Å². The van der Waals surface area contributed by atoms with Crippen LogP contribution in [0, 0.1) is 5.92 Å². The number of hydrogen-bond donors (Lipinski definition) is 0. The molecule has 0 spiro atoms. The van der Waals surface area contributed by atoms with Gasteiger partial charge in [0.15, 0.2) is 5.58 Å². The number of carbonyl (C=O) groups is 1. The zero-order valence-corrected chi connectivity index (χ0v) is 16.3. The van der Waals surface area contributed by atoms with Crippen LogP contribution >= 0.6 is 0 Å². The maximum Gasteiger partial charge on any atom is 0.299 e. The number of benzene rings is 1.